The Morgan fingerprint density at radius 3 is 2.90 bits per heavy atom. The molecular weight excluding hydrogens is 258 g/mol. The molecule has 0 fully saturated rings. The summed E-state index contributed by atoms with van der Waals surface area (Å²) < 4.78 is 5.82. The van der Waals surface area contributed by atoms with E-state index in [1.165, 1.54) is 7.05 Å². The number of carbonyl (C=O) groups excluding carboxylic acids is 2. The fourth-order valence-corrected chi connectivity index (χ4v) is 2.22. The lowest BCUT2D eigenvalue weighted by molar-refractivity contribution is -0.121. The number of fused-ring (bicyclic) bond motifs is 1. The van der Waals surface area contributed by atoms with Gasteiger partial charge in [0.1, 0.15) is 11.9 Å². The zero-order valence-electron chi connectivity index (χ0n) is 11.7. The molecule has 20 heavy (non-hydrogen) atoms. The highest BCUT2D eigenvalue weighted by atomic mass is 16.5. The number of nitrogens with one attached hydrogen (secondary N) is 2. The van der Waals surface area contributed by atoms with Crippen molar-refractivity contribution in [1.82, 2.24) is 15.5 Å². The van der Waals surface area contributed by atoms with Crippen LogP contribution in [0.4, 0.5) is 4.79 Å². The molecule has 0 spiro atoms. The number of hydrogen-bond donors (Lipinski definition) is 2. The van der Waals surface area contributed by atoms with E-state index in [-0.39, 0.29) is 18.6 Å². The van der Waals surface area contributed by atoms with Gasteiger partial charge >= 0.3 is 6.03 Å². The van der Waals surface area contributed by atoms with Crippen LogP contribution in [0.2, 0.25) is 0 Å². The maximum absolute atomic E-state index is 11.8. The van der Waals surface area contributed by atoms with Crippen molar-refractivity contribution in [2.75, 3.05) is 20.1 Å². The molecule has 1 aliphatic rings. The van der Waals surface area contributed by atoms with Gasteiger partial charge < -0.3 is 10.1 Å². The molecule has 0 saturated carbocycles. The van der Waals surface area contributed by atoms with E-state index in [1.807, 2.05) is 36.1 Å². The maximum Gasteiger partial charge on any atom is 0.321 e. The second-order valence-electron chi connectivity index (χ2n) is 4.83. The van der Waals surface area contributed by atoms with E-state index in [9.17, 15) is 9.59 Å². The van der Waals surface area contributed by atoms with Crippen LogP contribution in [0.1, 0.15) is 12.5 Å². The van der Waals surface area contributed by atoms with E-state index in [1.54, 1.807) is 0 Å². The van der Waals surface area contributed by atoms with Crippen molar-refractivity contribution < 1.29 is 14.3 Å². The zero-order chi connectivity index (χ0) is 14.5. The van der Waals surface area contributed by atoms with Gasteiger partial charge in [0.25, 0.3) is 0 Å². The van der Waals surface area contributed by atoms with Crippen LogP contribution < -0.4 is 15.4 Å². The number of urea groups is 1. The van der Waals surface area contributed by atoms with Gasteiger partial charge in [0.05, 0.1) is 6.54 Å². The predicted molar refractivity (Wildman–Crippen MR) is 74.4 cm³/mol. The quantitative estimate of drug-likeness (QED) is 0.836. The standard InChI is InChI=1S/C14H19N3O3/c1-10-7-17(9-13(18)16-14(19)15-2)8-11-5-3-4-6-12(11)20-10/h3-6,10H,7-9H2,1-2H3,(H2,15,16,18,19). The molecule has 1 unspecified atom stereocenters. The third-order valence-corrected chi connectivity index (χ3v) is 3.06. The lowest BCUT2D eigenvalue weighted by Gasteiger charge is -2.20. The Bertz CT molecular complexity index is 504. The van der Waals surface area contributed by atoms with Crippen molar-refractivity contribution in [1.29, 1.82) is 0 Å². The van der Waals surface area contributed by atoms with E-state index in [0.29, 0.717) is 13.1 Å². The molecule has 0 bridgehead atoms. The Morgan fingerprint density at radius 1 is 1.40 bits per heavy atom. The van der Waals surface area contributed by atoms with E-state index in [2.05, 4.69) is 10.6 Å². The van der Waals surface area contributed by atoms with Crippen LogP contribution in [-0.4, -0.2) is 43.1 Å². The summed E-state index contributed by atoms with van der Waals surface area (Å²) in [5.41, 5.74) is 1.05. The molecule has 2 rings (SSSR count). The third kappa shape index (κ3) is 3.71. The normalized spacial score (nSPS) is 18.4. The zero-order valence-corrected chi connectivity index (χ0v) is 11.7. The maximum atomic E-state index is 11.8. The molecule has 0 radical (unpaired) electrons. The first-order chi connectivity index (χ1) is 9.58. The van der Waals surface area contributed by atoms with Gasteiger partial charge in [-0.25, -0.2) is 4.79 Å². The highest BCUT2D eigenvalue weighted by Crippen LogP contribution is 2.24. The van der Waals surface area contributed by atoms with Gasteiger partial charge in [-0.2, -0.15) is 0 Å². The Labute approximate surface area is 118 Å². The van der Waals surface area contributed by atoms with Crippen LogP contribution >= 0.6 is 0 Å². The van der Waals surface area contributed by atoms with Gasteiger partial charge in [-0.05, 0) is 13.0 Å². The SMILES string of the molecule is CNC(=O)NC(=O)CN1Cc2ccccc2OC(C)C1. The minimum atomic E-state index is -0.491. The van der Waals surface area contributed by atoms with Gasteiger partial charge in [0.2, 0.25) is 5.91 Å². The smallest absolute Gasteiger partial charge is 0.321 e. The van der Waals surface area contributed by atoms with Crippen molar-refractivity contribution in [3.05, 3.63) is 29.8 Å². The molecule has 1 aromatic rings. The average molecular weight is 277 g/mol. The van der Waals surface area contributed by atoms with Crippen LogP contribution in [0, 0.1) is 0 Å². The number of hydrogen-bond acceptors (Lipinski definition) is 4. The van der Waals surface area contributed by atoms with Crippen molar-refractivity contribution in [3.63, 3.8) is 0 Å². The molecule has 0 aromatic heterocycles. The van der Waals surface area contributed by atoms with Crippen molar-refractivity contribution in [2.24, 2.45) is 0 Å². The number of ether oxygens (including phenoxy) is 1. The largest absolute Gasteiger partial charge is 0.489 e. The first-order valence-corrected chi connectivity index (χ1v) is 6.57. The lowest BCUT2D eigenvalue weighted by Crippen LogP contribution is -2.44. The van der Waals surface area contributed by atoms with Crippen LogP contribution in [0.15, 0.2) is 24.3 Å². The minimum Gasteiger partial charge on any atom is -0.489 e. The number of amides is 3. The second-order valence-corrected chi connectivity index (χ2v) is 4.83. The summed E-state index contributed by atoms with van der Waals surface area (Å²) >= 11 is 0. The van der Waals surface area contributed by atoms with Crippen LogP contribution in [0.25, 0.3) is 0 Å². The molecule has 1 aromatic carbocycles. The fraction of sp³-hybridized carbons (Fsp3) is 0.429. The molecule has 6 heteroatoms. The Balaban J connectivity index is 2.02. The van der Waals surface area contributed by atoms with Crippen molar-refractivity contribution >= 4 is 11.9 Å². The average Bonchev–Trinajstić information content (AvgIpc) is 2.55. The fourth-order valence-electron chi connectivity index (χ4n) is 2.22. The highest BCUT2D eigenvalue weighted by Gasteiger charge is 2.21. The summed E-state index contributed by atoms with van der Waals surface area (Å²) in [6.45, 7) is 3.39. The van der Waals surface area contributed by atoms with E-state index in [4.69, 9.17) is 4.74 Å². The van der Waals surface area contributed by atoms with Gasteiger partial charge in [-0.3, -0.25) is 15.0 Å². The Kier molecular flexibility index (Phi) is 4.57. The Morgan fingerprint density at radius 2 is 2.15 bits per heavy atom. The summed E-state index contributed by atoms with van der Waals surface area (Å²) in [6, 6.07) is 7.30. The number of carbonyl (C=O) groups is 2. The van der Waals surface area contributed by atoms with Crippen molar-refractivity contribution in [3.8, 4) is 5.75 Å². The van der Waals surface area contributed by atoms with Crippen LogP contribution in [0.3, 0.4) is 0 Å². The second kappa shape index (κ2) is 6.38. The molecule has 0 saturated heterocycles. The third-order valence-electron chi connectivity index (χ3n) is 3.06. The first-order valence-electron chi connectivity index (χ1n) is 6.57. The summed E-state index contributed by atoms with van der Waals surface area (Å²) in [4.78, 5) is 24.8. The minimum absolute atomic E-state index is 0.00792. The number of imide groups is 1. The lowest BCUT2D eigenvalue weighted by atomic mass is 10.2. The number of rotatable bonds is 2. The molecule has 108 valence electrons. The van der Waals surface area contributed by atoms with E-state index in [0.717, 1.165) is 11.3 Å². The van der Waals surface area contributed by atoms with Crippen LogP contribution in [-0.2, 0) is 11.3 Å². The Hall–Kier alpha value is -2.08. The molecule has 0 aliphatic carbocycles. The molecule has 2 N–H and O–H groups in total. The van der Waals surface area contributed by atoms with Crippen LogP contribution in [0.5, 0.6) is 5.75 Å². The molecule has 1 aliphatic heterocycles. The molecule has 3 amide bonds. The van der Waals surface area contributed by atoms with E-state index >= 15 is 0 Å². The highest BCUT2D eigenvalue weighted by molar-refractivity contribution is 5.95. The summed E-state index contributed by atoms with van der Waals surface area (Å²) in [7, 11) is 1.47. The predicted octanol–water partition coefficient (Wildman–Crippen LogP) is 0.725. The van der Waals surface area contributed by atoms with Gasteiger partial charge in [-0.15, -0.1) is 0 Å². The summed E-state index contributed by atoms with van der Waals surface area (Å²) in [5.74, 6) is 0.533. The first kappa shape index (κ1) is 14.3. The van der Waals surface area contributed by atoms with Gasteiger partial charge in [0, 0.05) is 25.7 Å². The number of benzene rings is 1. The number of nitrogens with zero attached hydrogens (tertiary/aromatic N) is 1. The van der Waals surface area contributed by atoms with Gasteiger partial charge in [-0.1, -0.05) is 18.2 Å². The molecule has 1 heterocycles. The van der Waals surface area contributed by atoms with Crippen molar-refractivity contribution in [2.45, 2.75) is 19.6 Å². The number of para-hydroxylation sites is 1. The molecule has 6 nitrogen and oxygen atoms in total. The topological polar surface area (TPSA) is 70.7 Å². The molecular formula is C14H19N3O3. The monoisotopic (exact) mass is 277 g/mol. The van der Waals surface area contributed by atoms with Gasteiger partial charge in [0.15, 0.2) is 0 Å². The molecule has 1 atom stereocenters. The summed E-state index contributed by atoms with van der Waals surface area (Å²) in [5, 5.41) is 4.62. The summed E-state index contributed by atoms with van der Waals surface area (Å²) in [6.07, 6.45) is -0.00792. The van der Waals surface area contributed by atoms with E-state index < -0.39 is 6.03 Å².